The monoisotopic (exact) mass is 268 g/mol. The van der Waals surface area contributed by atoms with E-state index >= 15 is 0 Å². The summed E-state index contributed by atoms with van der Waals surface area (Å²) in [7, 11) is 3.30. The zero-order valence-electron chi connectivity index (χ0n) is 9.95. The van der Waals surface area contributed by atoms with Crippen LogP contribution in [0.1, 0.15) is 10.4 Å². The number of aldehydes is 1. The molecule has 0 radical (unpaired) electrons. The predicted molar refractivity (Wildman–Crippen MR) is 67.9 cm³/mol. The van der Waals surface area contributed by atoms with Crippen LogP contribution in [0.25, 0.3) is 0 Å². The Hall–Kier alpha value is -1.89. The normalized spacial score (nSPS) is 9.89. The molecule has 18 heavy (non-hydrogen) atoms. The summed E-state index contributed by atoms with van der Waals surface area (Å²) < 4.78 is 0. The lowest BCUT2D eigenvalue weighted by Crippen LogP contribution is -2.23. The topological polar surface area (TPSA) is 80.5 Å². The zero-order chi connectivity index (χ0) is 13.7. The summed E-state index contributed by atoms with van der Waals surface area (Å²) in [6.45, 7) is 0. The van der Waals surface area contributed by atoms with Crippen molar-refractivity contribution in [3.63, 3.8) is 0 Å². The lowest BCUT2D eigenvalue weighted by atomic mass is 10.2. The Kier molecular flexibility index (Phi) is 4.85. The molecule has 0 fully saturated rings. The number of benzene rings is 1. The average molecular weight is 268 g/mol. The second kappa shape index (κ2) is 6.15. The van der Waals surface area contributed by atoms with E-state index in [1.54, 1.807) is 14.1 Å². The van der Waals surface area contributed by atoms with E-state index in [9.17, 15) is 19.7 Å². The highest BCUT2D eigenvalue weighted by Crippen LogP contribution is 2.25. The molecule has 0 heterocycles. The molecule has 0 N–H and O–H groups in total. The van der Waals surface area contributed by atoms with Crippen LogP contribution in [0.3, 0.4) is 0 Å². The minimum atomic E-state index is -0.608. The minimum absolute atomic E-state index is 0.0160. The number of nitro benzene ring substituents is 1. The smallest absolute Gasteiger partial charge is 0.279 e. The van der Waals surface area contributed by atoms with Gasteiger partial charge in [0.05, 0.1) is 16.2 Å². The molecule has 7 heteroatoms. The highest BCUT2D eigenvalue weighted by Gasteiger charge is 2.14. The molecule has 1 rings (SSSR count). The number of hydrogen-bond donors (Lipinski definition) is 0. The molecule has 0 saturated carbocycles. The number of nitrogens with zero attached hydrogens (tertiary/aromatic N) is 2. The number of rotatable bonds is 5. The Balaban J connectivity index is 2.83. The van der Waals surface area contributed by atoms with Gasteiger partial charge in [-0.1, -0.05) is 0 Å². The maximum atomic E-state index is 11.4. The van der Waals surface area contributed by atoms with E-state index in [2.05, 4.69) is 0 Å². The van der Waals surface area contributed by atoms with Crippen molar-refractivity contribution in [2.24, 2.45) is 0 Å². The SMILES string of the molecule is CN(C)C(=O)CSc1ccc([N+](=O)[O-])c(C=O)c1. The van der Waals surface area contributed by atoms with Gasteiger partial charge in [-0.2, -0.15) is 0 Å². The van der Waals surface area contributed by atoms with Crippen molar-refractivity contribution in [2.75, 3.05) is 19.8 Å². The van der Waals surface area contributed by atoms with Gasteiger partial charge >= 0.3 is 0 Å². The summed E-state index contributed by atoms with van der Waals surface area (Å²) >= 11 is 1.23. The molecule has 1 aromatic rings. The van der Waals surface area contributed by atoms with Gasteiger partial charge in [-0.15, -0.1) is 11.8 Å². The van der Waals surface area contributed by atoms with E-state index in [4.69, 9.17) is 0 Å². The third-order valence-electron chi connectivity index (χ3n) is 2.18. The molecule has 6 nitrogen and oxygen atoms in total. The third-order valence-corrected chi connectivity index (χ3v) is 3.16. The van der Waals surface area contributed by atoms with E-state index < -0.39 is 4.92 Å². The van der Waals surface area contributed by atoms with Gasteiger partial charge in [0.15, 0.2) is 6.29 Å². The predicted octanol–water partition coefficient (Wildman–Crippen LogP) is 1.59. The van der Waals surface area contributed by atoms with Crippen molar-refractivity contribution >= 4 is 29.6 Å². The molecule has 1 amide bonds. The van der Waals surface area contributed by atoms with Gasteiger partial charge in [-0.05, 0) is 12.1 Å². The van der Waals surface area contributed by atoms with Crippen molar-refractivity contribution in [3.8, 4) is 0 Å². The van der Waals surface area contributed by atoms with Crippen molar-refractivity contribution in [3.05, 3.63) is 33.9 Å². The Morgan fingerprint density at radius 2 is 2.17 bits per heavy atom. The molecule has 0 aromatic heterocycles. The second-order valence-corrected chi connectivity index (χ2v) is 4.72. The van der Waals surface area contributed by atoms with E-state index in [0.717, 1.165) is 0 Å². The Labute approximate surface area is 108 Å². The highest BCUT2D eigenvalue weighted by molar-refractivity contribution is 8.00. The van der Waals surface area contributed by atoms with Crippen LogP contribution < -0.4 is 0 Å². The fourth-order valence-electron chi connectivity index (χ4n) is 1.16. The van der Waals surface area contributed by atoms with E-state index in [-0.39, 0.29) is 22.9 Å². The first-order valence-corrected chi connectivity index (χ1v) is 6.01. The largest absolute Gasteiger partial charge is 0.348 e. The van der Waals surface area contributed by atoms with E-state index in [1.807, 2.05) is 0 Å². The molecule has 0 unspecified atom stereocenters. The molecular weight excluding hydrogens is 256 g/mol. The average Bonchev–Trinajstić information content (AvgIpc) is 2.34. The quantitative estimate of drug-likeness (QED) is 0.350. The standard InChI is InChI=1S/C11H12N2O4S/c1-12(2)11(15)7-18-9-3-4-10(13(16)17)8(5-9)6-14/h3-6H,7H2,1-2H3. The molecular formula is C11H12N2O4S. The van der Waals surface area contributed by atoms with Crippen LogP contribution >= 0.6 is 11.8 Å². The lowest BCUT2D eigenvalue weighted by Gasteiger charge is -2.09. The summed E-state index contributed by atoms with van der Waals surface area (Å²) in [6.07, 6.45) is 0.440. The first-order chi connectivity index (χ1) is 8.45. The third kappa shape index (κ3) is 3.56. The van der Waals surface area contributed by atoms with Crippen LogP contribution in [0, 0.1) is 10.1 Å². The first kappa shape index (κ1) is 14.2. The maximum absolute atomic E-state index is 11.4. The van der Waals surface area contributed by atoms with Gasteiger partial charge in [-0.3, -0.25) is 19.7 Å². The number of nitro groups is 1. The number of amides is 1. The summed E-state index contributed by atoms with van der Waals surface area (Å²) in [4.78, 5) is 34.2. The fraction of sp³-hybridized carbons (Fsp3) is 0.273. The van der Waals surface area contributed by atoms with Crippen LogP contribution in [-0.4, -0.2) is 41.9 Å². The van der Waals surface area contributed by atoms with Gasteiger partial charge in [-0.25, -0.2) is 0 Å². The van der Waals surface area contributed by atoms with Crippen molar-refractivity contribution in [1.29, 1.82) is 0 Å². The molecule has 0 bridgehead atoms. The van der Waals surface area contributed by atoms with E-state index in [1.165, 1.54) is 34.9 Å². The molecule has 0 atom stereocenters. The number of carbonyl (C=O) groups is 2. The van der Waals surface area contributed by atoms with Crippen LogP contribution in [-0.2, 0) is 4.79 Å². The fourth-order valence-corrected chi connectivity index (χ4v) is 2.08. The van der Waals surface area contributed by atoms with Gasteiger partial charge in [0, 0.05) is 25.1 Å². The van der Waals surface area contributed by atoms with Crippen LogP contribution in [0.15, 0.2) is 23.1 Å². The summed E-state index contributed by atoms with van der Waals surface area (Å²) in [5, 5.41) is 10.6. The molecule has 0 aliphatic carbocycles. The number of carbonyl (C=O) groups excluding carboxylic acids is 2. The minimum Gasteiger partial charge on any atom is -0.348 e. The van der Waals surface area contributed by atoms with Crippen LogP contribution in [0.5, 0.6) is 0 Å². The molecule has 0 aliphatic heterocycles. The Morgan fingerprint density at radius 3 is 2.67 bits per heavy atom. The first-order valence-electron chi connectivity index (χ1n) is 5.02. The van der Waals surface area contributed by atoms with Crippen molar-refractivity contribution in [2.45, 2.75) is 4.90 Å². The summed E-state index contributed by atoms with van der Waals surface area (Å²) in [5.41, 5.74) is -0.212. The maximum Gasteiger partial charge on any atom is 0.279 e. The van der Waals surface area contributed by atoms with E-state index in [0.29, 0.717) is 11.2 Å². The van der Waals surface area contributed by atoms with Crippen molar-refractivity contribution < 1.29 is 14.5 Å². The van der Waals surface area contributed by atoms with Gasteiger partial charge in [0.25, 0.3) is 5.69 Å². The molecule has 0 aliphatic rings. The van der Waals surface area contributed by atoms with Gasteiger partial charge < -0.3 is 4.90 Å². The summed E-state index contributed by atoms with van der Waals surface area (Å²) in [6, 6.07) is 4.21. The molecule has 0 saturated heterocycles. The highest BCUT2D eigenvalue weighted by atomic mass is 32.2. The molecule has 96 valence electrons. The molecule has 1 aromatic carbocycles. The van der Waals surface area contributed by atoms with Gasteiger partial charge in [0.1, 0.15) is 0 Å². The van der Waals surface area contributed by atoms with Crippen LogP contribution in [0.4, 0.5) is 5.69 Å². The lowest BCUT2D eigenvalue weighted by molar-refractivity contribution is -0.385. The zero-order valence-corrected chi connectivity index (χ0v) is 10.8. The summed E-state index contributed by atoms with van der Waals surface area (Å²) in [5.74, 6) is 0.161. The Bertz CT molecular complexity index is 488. The number of hydrogen-bond acceptors (Lipinski definition) is 5. The second-order valence-electron chi connectivity index (χ2n) is 3.67. The van der Waals surface area contributed by atoms with Crippen LogP contribution in [0.2, 0.25) is 0 Å². The van der Waals surface area contributed by atoms with Crippen molar-refractivity contribution in [1.82, 2.24) is 4.90 Å². The Morgan fingerprint density at radius 1 is 1.50 bits per heavy atom. The van der Waals surface area contributed by atoms with Gasteiger partial charge in [0.2, 0.25) is 5.91 Å². The number of thioether (sulfide) groups is 1. The molecule has 0 spiro atoms.